The van der Waals surface area contributed by atoms with Crippen LogP contribution in [0.25, 0.3) is 0 Å². The van der Waals surface area contributed by atoms with Gasteiger partial charge < -0.3 is 15.0 Å². The summed E-state index contributed by atoms with van der Waals surface area (Å²) in [6.45, 7) is 8.46. The van der Waals surface area contributed by atoms with Crippen LogP contribution in [0.3, 0.4) is 0 Å². The SMILES string of the molecule is C=CCOc1ccccc1CNC(=O)N1CCC(C)C1. The molecule has 0 radical (unpaired) electrons. The summed E-state index contributed by atoms with van der Waals surface area (Å²) in [6.07, 6.45) is 2.80. The van der Waals surface area contributed by atoms with Gasteiger partial charge in [0.15, 0.2) is 0 Å². The quantitative estimate of drug-likeness (QED) is 0.839. The van der Waals surface area contributed by atoms with E-state index in [-0.39, 0.29) is 6.03 Å². The molecule has 1 aliphatic heterocycles. The molecule has 1 fully saturated rings. The molecule has 0 bridgehead atoms. The van der Waals surface area contributed by atoms with Gasteiger partial charge in [-0.3, -0.25) is 0 Å². The largest absolute Gasteiger partial charge is 0.489 e. The van der Waals surface area contributed by atoms with Gasteiger partial charge in [0.25, 0.3) is 0 Å². The topological polar surface area (TPSA) is 41.6 Å². The summed E-state index contributed by atoms with van der Waals surface area (Å²) >= 11 is 0. The lowest BCUT2D eigenvalue weighted by Gasteiger charge is -2.17. The molecule has 1 N–H and O–H groups in total. The molecule has 0 spiro atoms. The number of likely N-dealkylation sites (tertiary alicyclic amines) is 1. The zero-order valence-corrected chi connectivity index (χ0v) is 12.0. The number of carbonyl (C=O) groups is 1. The minimum atomic E-state index is 0.00729. The van der Waals surface area contributed by atoms with Crippen molar-refractivity contribution in [2.24, 2.45) is 5.92 Å². The maximum absolute atomic E-state index is 12.0. The van der Waals surface area contributed by atoms with Crippen LogP contribution in [0.5, 0.6) is 5.75 Å². The summed E-state index contributed by atoms with van der Waals surface area (Å²) in [5.74, 6) is 1.39. The van der Waals surface area contributed by atoms with Crippen molar-refractivity contribution >= 4 is 6.03 Å². The Balaban J connectivity index is 1.90. The molecular formula is C16H22N2O2. The molecule has 2 rings (SSSR count). The van der Waals surface area contributed by atoms with E-state index < -0.39 is 0 Å². The van der Waals surface area contributed by atoms with Crippen LogP contribution in [0, 0.1) is 5.92 Å². The van der Waals surface area contributed by atoms with Crippen molar-refractivity contribution < 1.29 is 9.53 Å². The van der Waals surface area contributed by atoms with E-state index in [1.807, 2.05) is 29.2 Å². The van der Waals surface area contributed by atoms with E-state index in [4.69, 9.17) is 4.74 Å². The van der Waals surface area contributed by atoms with Gasteiger partial charge in [-0.1, -0.05) is 37.8 Å². The Kier molecular flexibility index (Phi) is 5.04. The summed E-state index contributed by atoms with van der Waals surface area (Å²) in [4.78, 5) is 13.9. The fourth-order valence-corrected chi connectivity index (χ4v) is 2.34. The van der Waals surface area contributed by atoms with Crippen molar-refractivity contribution in [1.29, 1.82) is 0 Å². The zero-order chi connectivity index (χ0) is 14.4. The lowest BCUT2D eigenvalue weighted by molar-refractivity contribution is 0.207. The van der Waals surface area contributed by atoms with E-state index in [0.29, 0.717) is 19.1 Å². The third kappa shape index (κ3) is 3.76. The van der Waals surface area contributed by atoms with Crippen molar-refractivity contribution in [1.82, 2.24) is 10.2 Å². The van der Waals surface area contributed by atoms with Crippen molar-refractivity contribution in [3.8, 4) is 5.75 Å². The van der Waals surface area contributed by atoms with E-state index in [9.17, 15) is 4.79 Å². The Morgan fingerprint density at radius 2 is 2.35 bits per heavy atom. The van der Waals surface area contributed by atoms with Crippen LogP contribution in [0.4, 0.5) is 4.79 Å². The number of carbonyl (C=O) groups excluding carboxylic acids is 1. The lowest BCUT2D eigenvalue weighted by Crippen LogP contribution is -2.38. The molecule has 4 heteroatoms. The fraction of sp³-hybridized carbons (Fsp3) is 0.438. The fourth-order valence-electron chi connectivity index (χ4n) is 2.34. The molecule has 4 nitrogen and oxygen atoms in total. The molecule has 1 unspecified atom stereocenters. The molecule has 0 aliphatic carbocycles. The minimum Gasteiger partial charge on any atom is -0.489 e. The first-order chi connectivity index (χ1) is 9.70. The summed E-state index contributed by atoms with van der Waals surface area (Å²) in [5.41, 5.74) is 0.981. The highest BCUT2D eigenvalue weighted by atomic mass is 16.5. The Bertz CT molecular complexity index is 473. The highest BCUT2D eigenvalue weighted by Gasteiger charge is 2.22. The van der Waals surface area contributed by atoms with Crippen LogP contribution < -0.4 is 10.1 Å². The van der Waals surface area contributed by atoms with Gasteiger partial charge in [0.1, 0.15) is 12.4 Å². The molecule has 1 atom stereocenters. The predicted octanol–water partition coefficient (Wildman–Crippen LogP) is 2.80. The first-order valence-corrected chi connectivity index (χ1v) is 7.05. The molecule has 20 heavy (non-hydrogen) atoms. The normalized spacial score (nSPS) is 17.9. The minimum absolute atomic E-state index is 0.00729. The van der Waals surface area contributed by atoms with Crippen molar-refractivity contribution in [2.45, 2.75) is 19.9 Å². The summed E-state index contributed by atoms with van der Waals surface area (Å²) < 4.78 is 5.58. The molecule has 1 aromatic rings. The zero-order valence-electron chi connectivity index (χ0n) is 12.0. The van der Waals surface area contributed by atoms with Gasteiger partial charge >= 0.3 is 6.03 Å². The van der Waals surface area contributed by atoms with E-state index in [0.717, 1.165) is 30.8 Å². The van der Waals surface area contributed by atoms with Crippen molar-refractivity contribution in [3.63, 3.8) is 0 Å². The second-order valence-electron chi connectivity index (χ2n) is 5.21. The average Bonchev–Trinajstić information content (AvgIpc) is 2.90. The smallest absolute Gasteiger partial charge is 0.317 e. The summed E-state index contributed by atoms with van der Waals surface area (Å²) in [6, 6.07) is 7.74. The maximum atomic E-state index is 12.0. The Morgan fingerprint density at radius 1 is 1.55 bits per heavy atom. The van der Waals surface area contributed by atoms with Gasteiger partial charge in [0.2, 0.25) is 0 Å². The molecular weight excluding hydrogens is 252 g/mol. The standard InChI is InChI=1S/C16H22N2O2/c1-3-10-20-15-7-5-4-6-14(15)11-17-16(19)18-9-8-13(2)12-18/h3-7,13H,1,8-12H2,2H3,(H,17,19). The van der Waals surface area contributed by atoms with Crippen molar-refractivity contribution in [3.05, 3.63) is 42.5 Å². The number of nitrogens with zero attached hydrogens (tertiary/aromatic N) is 1. The molecule has 1 saturated heterocycles. The highest BCUT2D eigenvalue weighted by molar-refractivity contribution is 5.74. The van der Waals surface area contributed by atoms with Gasteiger partial charge in [0.05, 0.1) is 0 Å². The number of urea groups is 1. The van der Waals surface area contributed by atoms with Crippen molar-refractivity contribution in [2.75, 3.05) is 19.7 Å². The monoisotopic (exact) mass is 274 g/mol. The van der Waals surface area contributed by atoms with E-state index >= 15 is 0 Å². The first kappa shape index (κ1) is 14.4. The molecule has 1 aliphatic rings. The molecule has 1 heterocycles. The van der Waals surface area contributed by atoms with Crippen LogP contribution in [-0.2, 0) is 6.54 Å². The van der Waals surface area contributed by atoms with Crippen LogP contribution in [0.1, 0.15) is 18.9 Å². The Labute approximate surface area is 120 Å². The predicted molar refractivity (Wildman–Crippen MR) is 79.7 cm³/mol. The van der Waals surface area contributed by atoms with Gasteiger partial charge in [-0.15, -0.1) is 0 Å². The third-order valence-corrected chi connectivity index (χ3v) is 3.47. The molecule has 2 amide bonds. The number of nitrogens with one attached hydrogen (secondary N) is 1. The number of benzene rings is 1. The summed E-state index contributed by atoms with van der Waals surface area (Å²) in [5, 5.41) is 2.96. The Hall–Kier alpha value is -1.97. The van der Waals surface area contributed by atoms with Crippen LogP contribution >= 0.6 is 0 Å². The number of ether oxygens (including phenoxy) is 1. The van der Waals surface area contributed by atoms with E-state index in [2.05, 4.69) is 18.8 Å². The maximum Gasteiger partial charge on any atom is 0.317 e. The molecule has 0 saturated carbocycles. The van der Waals surface area contributed by atoms with Crippen LogP contribution in [0.15, 0.2) is 36.9 Å². The highest BCUT2D eigenvalue weighted by Crippen LogP contribution is 2.18. The number of rotatable bonds is 5. The Morgan fingerprint density at radius 3 is 3.05 bits per heavy atom. The number of hydrogen-bond donors (Lipinski definition) is 1. The lowest BCUT2D eigenvalue weighted by atomic mass is 10.2. The van der Waals surface area contributed by atoms with Gasteiger partial charge in [-0.2, -0.15) is 0 Å². The van der Waals surface area contributed by atoms with Gasteiger partial charge in [-0.05, 0) is 18.4 Å². The van der Waals surface area contributed by atoms with E-state index in [1.165, 1.54) is 0 Å². The third-order valence-electron chi connectivity index (χ3n) is 3.47. The second kappa shape index (κ2) is 6.98. The second-order valence-corrected chi connectivity index (χ2v) is 5.21. The first-order valence-electron chi connectivity index (χ1n) is 7.05. The number of hydrogen-bond acceptors (Lipinski definition) is 2. The van der Waals surface area contributed by atoms with Crippen LogP contribution in [-0.4, -0.2) is 30.6 Å². The van der Waals surface area contributed by atoms with Gasteiger partial charge in [-0.25, -0.2) is 4.79 Å². The molecule has 0 aromatic heterocycles. The number of para-hydroxylation sites is 1. The van der Waals surface area contributed by atoms with Crippen LogP contribution in [0.2, 0.25) is 0 Å². The van der Waals surface area contributed by atoms with Gasteiger partial charge in [0, 0.05) is 25.2 Å². The summed E-state index contributed by atoms with van der Waals surface area (Å²) in [7, 11) is 0. The molecule has 108 valence electrons. The van der Waals surface area contributed by atoms with E-state index in [1.54, 1.807) is 6.08 Å². The number of amides is 2. The average molecular weight is 274 g/mol. The molecule has 1 aromatic carbocycles.